The Labute approximate surface area is 120 Å². The van der Waals surface area contributed by atoms with Crippen molar-refractivity contribution in [1.29, 1.82) is 0 Å². The molecular weight excluding hydrogens is 313 g/mol. The minimum atomic E-state index is -0.471. The molecule has 0 spiro atoms. The second-order valence-corrected chi connectivity index (χ2v) is 5.41. The standard InChI is InChI=1S/C14H17BrFNO2/c1-9(7-10(2)18)17-14(19)6-3-11-8-12(15)4-5-13(11)16/h3-6,8-10,18H,7H2,1-2H3,(H,17,19)/b6-3+. The van der Waals surface area contributed by atoms with E-state index in [9.17, 15) is 14.3 Å². The average molecular weight is 330 g/mol. The zero-order chi connectivity index (χ0) is 14.4. The average Bonchev–Trinajstić information content (AvgIpc) is 2.29. The van der Waals surface area contributed by atoms with Gasteiger partial charge in [0.25, 0.3) is 0 Å². The number of hydrogen-bond donors (Lipinski definition) is 2. The molecule has 0 aliphatic heterocycles. The number of aliphatic hydroxyl groups is 1. The summed E-state index contributed by atoms with van der Waals surface area (Å²) in [5.41, 5.74) is 0.340. The molecule has 0 aliphatic carbocycles. The smallest absolute Gasteiger partial charge is 0.244 e. The summed E-state index contributed by atoms with van der Waals surface area (Å²) >= 11 is 3.24. The summed E-state index contributed by atoms with van der Waals surface area (Å²) < 4.78 is 14.2. The molecule has 5 heteroatoms. The summed E-state index contributed by atoms with van der Waals surface area (Å²) in [4.78, 5) is 11.6. The minimum absolute atomic E-state index is 0.135. The number of hydrogen-bond acceptors (Lipinski definition) is 2. The van der Waals surface area contributed by atoms with Gasteiger partial charge in [0.05, 0.1) is 6.10 Å². The molecule has 0 saturated heterocycles. The van der Waals surface area contributed by atoms with E-state index in [1.165, 1.54) is 18.2 Å². The molecule has 0 fully saturated rings. The molecule has 0 aliphatic rings. The van der Waals surface area contributed by atoms with E-state index in [0.717, 1.165) is 4.47 Å². The predicted octanol–water partition coefficient (Wildman–Crippen LogP) is 2.88. The Morgan fingerprint density at radius 1 is 1.53 bits per heavy atom. The normalized spacial score (nSPS) is 14.4. The van der Waals surface area contributed by atoms with Crippen LogP contribution in [0.5, 0.6) is 0 Å². The number of halogens is 2. The topological polar surface area (TPSA) is 49.3 Å². The molecule has 3 nitrogen and oxygen atoms in total. The Morgan fingerprint density at radius 3 is 2.84 bits per heavy atom. The van der Waals surface area contributed by atoms with Crippen LogP contribution in [0.2, 0.25) is 0 Å². The van der Waals surface area contributed by atoms with Crippen molar-refractivity contribution >= 4 is 27.9 Å². The Balaban J connectivity index is 2.61. The third-order valence-electron chi connectivity index (χ3n) is 2.46. The van der Waals surface area contributed by atoms with E-state index in [2.05, 4.69) is 21.2 Å². The number of benzene rings is 1. The van der Waals surface area contributed by atoms with Gasteiger partial charge < -0.3 is 10.4 Å². The first kappa shape index (κ1) is 15.9. The van der Waals surface area contributed by atoms with Crippen LogP contribution in [0, 0.1) is 5.82 Å². The van der Waals surface area contributed by atoms with Crippen molar-refractivity contribution in [2.45, 2.75) is 32.4 Å². The van der Waals surface area contributed by atoms with Crippen molar-refractivity contribution in [3.63, 3.8) is 0 Å². The van der Waals surface area contributed by atoms with Crippen LogP contribution in [-0.2, 0) is 4.79 Å². The number of carbonyl (C=O) groups excluding carboxylic acids is 1. The number of carbonyl (C=O) groups is 1. The highest BCUT2D eigenvalue weighted by molar-refractivity contribution is 9.10. The van der Waals surface area contributed by atoms with Crippen molar-refractivity contribution in [2.75, 3.05) is 0 Å². The van der Waals surface area contributed by atoms with Crippen LogP contribution in [0.25, 0.3) is 6.08 Å². The predicted molar refractivity (Wildman–Crippen MR) is 77.0 cm³/mol. The van der Waals surface area contributed by atoms with Gasteiger partial charge in [-0.1, -0.05) is 15.9 Å². The molecule has 0 bridgehead atoms. The lowest BCUT2D eigenvalue weighted by Gasteiger charge is -2.13. The van der Waals surface area contributed by atoms with Crippen LogP contribution in [0.3, 0.4) is 0 Å². The zero-order valence-electron chi connectivity index (χ0n) is 10.9. The molecule has 0 heterocycles. The fourth-order valence-corrected chi connectivity index (χ4v) is 2.05. The molecule has 19 heavy (non-hydrogen) atoms. The van der Waals surface area contributed by atoms with Crippen LogP contribution >= 0.6 is 15.9 Å². The Bertz CT molecular complexity index is 475. The van der Waals surface area contributed by atoms with Gasteiger partial charge in [0, 0.05) is 22.2 Å². The molecule has 0 radical (unpaired) electrons. The Kier molecular flexibility index (Phi) is 6.18. The number of nitrogens with one attached hydrogen (secondary N) is 1. The van der Waals surface area contributed by atoms with Gasteiger partial charge in [-0.3, -0.25) is 4.79 Å². The van der Waals surface area contributed by atoms with Gasteiger partial charge in [0.15, 0.2) is 0 Å². The van der Waals surface area contributed by atoms with Crippen LogP contribution in [0.4, 0.5) is 4.39 Å². The van der Waals surface area contributed by atoms with Crippen molar-refractivity contribution in [3.8, 4) is 0 Å². The highest BCUT2D eigenvalue weighted by Crippen LogP contribution is 2.16. The van der Waals surface area contributed by atoms with E-state index in [-0.39, 0.29) is 17.8 Å². The molecule has 2 unspecified atom stereocenters. The highest BCUT2D eigenvalue weighted by atomic mass is 79.9. The second-order valence-electron chi connectivity index (χ2n) is 4.49. The first-order valence-electron chi connectivity index (χ1n) is 6.00. The van der Waals surface area contributed by atoms with Crippen molar-refractivity contribution in [2.24, 2.45) is 0 Å². The molecule has 1 aromatic carbocycles. The van der Waals surface area contributed by atoms with E-state index in [1.807, 2.05) is 0 Å². The van der Waals surface area contributed by atoms with Crippen LogP contribution in [0.1, 0.15) is 25.8 Å². The van der Waals surface area contributed by atoms with Gasteiger partial charge in [-0.25, -0.2) is 4.39 Å². The maximum atomic E-state index is 13.4. The summed E-state index contributed by atoms with van der Waals surface area (Å²) in [7, 11) is 0. The summed E-state index contributed by atoms with van der Waals surface area (Å²) in [6.07, 6.45) is 2.71. The number of rotatable bonds is 5. The molecular formula is C14H17BrFNO2. The van der Waals surface area contributed by atoms with E-state index in [0.29, 0.717) is 12.0 Å². The van der Waals surface area contributed by atoms with Crippen molar-refractivity contribution in [3.05, 3.63) is 40.1 Å². The van der Waals surface area contributed by atoms with Gasteiger partial charge in [-0.05, 0) is 44.5 Å². The number of amides is 1. The van der Waals surface area contributed by atoms with Gasteiger partial charge in [-0.15, -0.1) is 0 Å². The van der Waals surface area contributed by atoms with Gasteiger partial charge in [0.1, 0.15) is 5.82 Å². The van der Waals surface area contributed by atoms with Crippen LogP contribution < -0.4 is 5.32 Å². The maximum absolute atomic E-state index is 13.4. The fourth-order valence-electron chi connectivity index (χ4n) is 1.67. The van der Waals surface area contributed by atoms with Crippen molar-refractivity contribution in [1.82, 2.24) is 5.32 Å². The quantitative estimate of drug-likeness (QED) is 0.816. The maximum Gasteiger partial charge on any atom is 0.244 e. The van der Waals surface area contributed by atoms with Gasteiger partial charge in [0.2, 0.25) is 5.91 Å². The molecule has 104 valence electrons. The second kappa shape index (κ2) is 7.40. The fraction of sp³-hybridized carbons (Fsp3) is 0.357. The largest absolute Gasteiger partial charge is 0.393 e. The van der Waals surface area contributed by atoms with E-state index >= 15 is 0 Å². The lowest BCUT2D eigenvalue weighted by atomic mass is 10.1. The van der Waals surface area contributed by atoms with Crippen LogP contribution in [-0.4, -0.2) is 23.2 Å². The highest BCUT2D eigenvalue weighted by Gasteiger charge is 2.08. The molecule has 0 saturated carbocycles. The van der Waals surface area contributed by atoms with E-state index in [4.69, 9.17) is 0 Å². The summed E-state index contributed by atoms with van der Waals surface area (Å²) in [6.45, 7) is 3.47. The first-order chi connectivity index (χ1) is 8.88. The summed E-state index contributed by atoms with van der Waals surface area (Å²) in [6, 6.07) is 4.39. The lowest BCUT2D eigenvalue weighted by molar-refractivity contribution is -0.117. The van der Waals surface area contributed by atoms with Gasteiger partial charge >= 0.3 is 0 Å². The third-order valence-corrected chi connectivity index (χ3v) is 2.95. The summed E-state index contributed by atoms with van der Waals surface area (Å²) in [5.74, 6) is -0.697. The molecule has 1 rings (SSSR count). The molecule has 1 aromatic rings. The lowest BCUT2D eigenvalue weighted by Crippen LogP contribution is -2.33. The van der Waals surface area contributed by atoms with Crippen LogP contribution in [0.15, 0.2) is 28.7 Å². The van der Waals surface area contributed by atoms with E-state index in [1.54, 1.807) is 26.0 Å². The van der Waals surface area contributed by atoms with Crippen molar-refractivity contribution < 1.29 is 14.3 Å². The van der Waals surface area contributed by atoms with Gasteiger partial charge in [-0.2, -0.15) is 0 Å². The molecule has 0 aromatic heterocycles. The SMILES string of the molecule is CC(O)CC(C)NC(=O)/C=C/c1cc(Br)ccc1F. The Morgan fingerprint density at radius 2 is 2.21 bits per heavy atom. The minimum Gasteiger partial charge on any atom is -0.393 e. The zero-order valence-corrected chi connectivity index (χ0v) is 12.4. The summed E-state index contributed by atoms with van der Waals surface area (Å²) in [5, 5.41) is 11.9. The Hall–Kier alpha value is -1.20. The number of aliphatic hydroxyl groups excluding tert-OH is 1. The molecule has 1 amide bonds. The molecule has 2 atom stereocenters. The monoisotopic (exact) mass is 329 g/mol. The first-order valence-corrected chi connectivity index (χ1v) is 6.79. The van der Waals surface area contributed by atoms with E-state index < -0.39 is 6.10 Å². The molecule has 2 N–H and O–H groups in total. The third kappa shape index (κ3) is 5.98.